The Bertz CT molecular complexity index is 801. The van der Waals surface area contributed by atoms with E-state index < -0.39 is 0 Å². The lowest BCUT2D eigenvalue weighted by Crippen LogP contribution is -2.38. The summed E-state index contributed by atoms with van der Waals surface area (Å²) in [4.78, 5) is 28.6. The second-order valence-corrected chi connectivity index (χ2v) is 7.97. The van der Waals surface area contributed by atoms with Gasteiger partial charge in [0.2, 0.25) is 0 Å². The number of carbonyl (C=O) groups excluding carboxylic acids is 2. The molecule has 1 unspecified atom stereocenters. The lowest BCUT2D eigenvalue weighted by Gasteiger charge is -2.32. The van der Waals surface area contributed by atoms with Gasteiger partial charge in [-0.2, -0.15) is 0 Å². The number of hydrogen-bond acceptors (Lipinski definition) is 4. The van der Waals surface area contributed by atoms with Crippen molar-refractivity contribution >= 4 is 23.0 Å². The van der Waals surface area contributed by atoms with E-state index in [0.717, 1.165) is 41.2 Å². The average Bonchev–Trinajstić information content (AvgIpc) is 3.02. The topological polar surface area (TPSA) is 49.4 Å². The smallest absolute Gasteiger partial charge is 0.261 e. The summed E-state index contributed by atoms with van der Waals surface area (Å²) in [5.41, 5.74) is 1.72. The predicted molar refractivity (Wildman–Crippen MR) is 101 cm³/mol. The molecule has 0 saturated carbocycles. The molecule has 0 radical (unpaired) electrons. The van der Waals surface area contributed by atoms with E-state index in [4.69, 9.17) is 0 Å². The maximum absolute atomic E-state index is 13.1. The van der Waals surface area contributed by atoms with E-state index in [-0.39, 0.29) is 23.4 Å². The fraction of sp³-hybridized carbons (Fsp3) is 0.400. The van der Waals surface area contributed by atoms with E-state index >= 15 is 0 Å². The third-order valence-corrected chi connectivity index (χ3v) is 5.96. The summed E-state index contributed by atoms with van der Waals surface area (Å²) >= 11 is 1.50. The number of ketones is 1. The summed E-state index contributed by atoms with van der Waals surface area (Å²) in [6.45, 7) is 4.41. The maximum Gasteiger partial charge on any atom is 0.261 e. The molecular formula is C20H23FN2O2S. The van der Waals surface area contributed by atoms with Crippen LogP contribution in [0.1, 0.15) is 43.3 Å². The van der Waals surface area contributed by atoms with Crippen molar-refractivity contribution in [2.45, 2.75) is 26.3 Å². The first-order chi connectivity index (χ1) is 12.5. The standard InChI is InChI=1S/C20H23FN2O2S/c1-13-16(10-18(26-13)20(25)22-2)12-23-9-3-4-15(11-23)19(24)14-5-7-17(21)8-6-14/h5-8,10,15H,3-4,9,11-12H2,1-2H3,(H,22,25). The Morgan fingerprint density at radius 1 is 1.31 bits per heavy atom. The fourth-order valence-corrected chi connectivity index (χ4v) is 4.40. The Labute approximate surface area is 157 Å². The second-order valence-electron chi connectivity index (χ2n) is 6.72. The quantitative estimate of drug-likeness (QED) is 0.813. The van der Waals surface area contributed by atoms with Crippen molar-refractivity contribution in [1.29, 1.82) is 0 Å². The molecule has 1 amide bonds. The van der Waals surface area contributed by atoms with Crippen LogP contribution in [-0.2, 0) is 6.54 Å². The summed E-state index contributed by atoms with van der Waals surface area (Å²) in [6.07, 6.45) is 1.82. The van der Waals surface area contributed by atoms with Crippen molar-refractivity contribution in [2.75, 3.05) is 20.1 Å². The molecular weight excluding hydrogens is 351 g/mol. The van der Waals surface area contributed by atoms with Gasteiger partial charge in [-0.3, -0.25) is 14.5 Å². The molecule has 0 aliphatic carbocycles. The molecule has 0 spiro atoms. The largest absolute Gasteiger partial charge is 0.354 e. The van der Waals surface area contributed by atoms with Gasteiger partial charge in [-0.25, -0.2) is 4.39 Å². The number of rotatable bonds is 5. The highest BCUT2D eigenvalue weighted by molar-refractivity contribution is 7.14. The number of carbonyl (C=O) groups is 2. The number of hydrogen-bond donors (Lipinski definition) is 1. The molecule has 2 aromatic rings. The fourth-order valence-electron chi connectivity index (χ4n) is 3.42. The second kappa shape index (κ2) is 8.10. The van der Waals surface area contributed by atoms with Crippen molar-refractivity contribution in [3.63, 3.8) is 0 Å². The highest BCUT2D eigenvalue weighted by Crippen LogP contribution is 2.26. The molecule has 6 heteroatoms. The van der Waals surface area contributed by atoms with Gasteiger partial charge in [0, 0.05) is 36.5 Å². The molecule has 26 heavy (non-hydrogen) atoms. The van der Waals surface area contributed by atoms with Gasteiger partial charge in [-0.05, 0) is 62.2 Å². The number of likely N-dealkylation sites (tertiary alicyclic amines) is 1. The maximum atomic E-state index is 13.1. The molecule has 1 saturated heterocycles. The van der Waals surface area contributed by atoms with Gasteiger partial charge in [0.25, 0.3) is 5.91 Å². The van der Waals surface area contributed by atoms with Gasteiger partial charge in [0.15, 0.2) is 5.78 Å². The number of nitrogens with zero attached hydrogens (tertiary/aromatic N) is 1. The molecule has 138 valence electrons. The van der Waals surface area contributed by atoms with E-state index in [1.165, 1.54) is 23.5 Å². The van der Waals surface area contributed by atoms with Crippen molar-refractivity contribution in [1.82, 2.24) is 10.2 Å². The SMILES string of the molecule is CNC(=O)c1cc(CN2CCCC(C(=O)c3ccc(F)cc3)C2)c(C)s1. The lowest BCUT2D eigenvalue weighted by molar-refractivity contribution is 0.0811. The zero-order valence-electron chi connectivity index (χ0n) is 15.0. The number of piperidine rings is 1. The number of nitrogens with one attached hydrogen (secondary N) is 1. The normalized spacial score (nSPS) is 17.9. The minimum atomic E-state index is -0.327. The number of thiophene rings is 1. The van der Waals surface area contributed by atoms with Crippen LogP contribution in [0.3, 0.4) is 0 Å². The Morgan fingerprint density at radius 3 is 2.73 bits per heavy atom. The van der Waals surface area contributed by atoms with Crippen molar-refractivity contribution < 1.29 is 14.0 Å². The molecule has 1 aromatic heterocycles. The first-order valence-electron chi connectivity index (χ1n) is 8.81. The molecule has 0 bridgehead atoms. The van der Waals surface area contributed by atoms with Gasteiger partial charge in [-0.15, -0.1) is 11.3 Å². The molecule has 1 N–H and O–H groups in total. The van der Waals surface area contributed by atoms with Gasteiger partial charge >= 0.3 is 0 Å². The molecule has 1 aliphatic rings. The van der Waals surface area contributed by atoms with Gasteiger partial charge in [0.1, 0.15) is 5.82 Å². The summed E-state index contributed by atoms with van der Waals surface area (Å²) < 4.78 is 13.1. The lowest BCUT2D eigenvalue weighted by atomic mass is 9.90. The molecule has 1 atom stereocenters. The Kier molecular flexibility index (Phi) is 5.84. The minimum Gasteiger partial charge on any atom is -0.354 e. The van der Waals surface area contributed by atoms with E-state index in [1.54, 1.807) is 19.2 Å². The monoisotopic (exact) mass is 374 g/mol. The zero-order valence-corrected chi connectivity index (χ0v) is 15.9. The van der Waals surface area contributed by atoms with Gasteiger partial charge in [-0.1, -0.05) is 0 Å². The van der Waals surface area contributed by atoms with Crippen LogP contribution in [0.2, 0.25) is 0 Å². The molecule has 4 nitrogen and oxygen atoms in total. The van der Waals surface area contributed by atoms with Gasteiger partial charge < -0.3 is 5.32 Å². The Balaban J connectivity index is 1.67. The highest BCUT2D eigenvalue weighted by atomic mass is 32.1. The van der Waals surface area contributed by atoms with E-state index in [0.29, 0.717) is 12.1 Å². The summed E-state index contributed by atoms with van der Waals surface area (Å²) in [7, 11) is 1.63. The van der Waals surface area contributed by atoms with Crippen molar-refractivity contribution in [2.24, 2.45) is 5.92 Å². The first-order valence-corrected chi connectivity index (χ1v) is 9.63. The van der Waals surface area contributed by atoms with E-state index in [1.807, 2.05) is 13.0 Å². The zero-order chi connectivity index (χ0) is 18.7. The van der Waals surface area contributed by atoms with Crippen LogP contribution in [-0.4, -0.2) is 36.7 Å². The van der Waals surface area contributed by atoms with Crippen LogP contribution < -0.4 is 5.32 Å². The Hall–Kier alpha value is -2.05. The van der Waals surface area contributed by atoms with Crippen molar-refractivity contribution in [3.8, 4) is 0 Å². The number of Topliss-reactive ketones (excluding diaryl/α,β-unsaturated/α-hetero) is 1. The Morgan fingerprint density at radius 2 is 2.04 bits per heavy atom. The molecule has 1 aromatic carbocycles. The van der Waals surface area contributed by atoms with E-state index in [9.17, 15) is 14.0 Å². The highest BCUT2D eigenvalue weighted by Gasteiger charge is 2.27. The van der Waals surface area contributed by atoms with Gasteiger partial charge in [0.05, 0.1) is 4.88 Å². The van der Waals surface area contributed by atoms with E-state index in [2.05, 4.69) is 10.2 Å². The van der Waals surface area contributed by atoms with Crippen LogP contribution in [0.4, 0.5) is 4.39 Å². The molecule has 1 aliphatic heterocycles. The number of aryl methyl sites for hydroxylation is 1. The number of amides is 1. The molecule has 2 heterocycles. The summed E-state index contributed by atoms with van der Waals surface area (Å²) in [5.74, 6) is -0.367. The van der Waals surface area contributed by atoms with Crippen LogP contribution >= 0.6 is 11.3 Å². The molecule has 1 fully saturated rings. The summed E-state index contributed by atoms with van der Waals surface area (Å²) in [6, 6.07) is 7.75. The minimum absolute atomic E-state index is 0.0626. The predicted octanol–water partition coefficient (Wildman–Crippen LogP) is 3.65. The van der Waals surface area contributed by atoms with Crippen molar-refractivity contribution in [3.05, 3.63) is 57.0 Å². The summed E-state index contributed by atoms with van der Waals surface area (Å²) in [5, 5.41) is 2.66. The number of halogens is 1. The first kappa shape index (κ1) is 18.7. The molecule has 3 rings (SSSR count). The van der Waals surface area contributed by atoms with Crippen LogP contribution in [0.25, 0.3) is 0 Å². The third kappa shape index (κ3) is 4.19. The van der Waals surface area contributed by atoms with Crippen LogP contribution in [0.15, 0.2) is 30.3 Å². The number of benzene rings is 1. The third-order valence-electron chi connectivity index (χ3n) is 4.87. The average molecular weight is 374 g/mol. The van der Waals surface area contributed by atoms with Crippen LogP contribution in [0.5, 0.6) is 0 Å². The van der Waals surface area contributed by atoms with Crippen LogP contribution in [0, 0.1) is 18.7 Å².